The highest BCUT2D eigenvalue weighted by atomic mass is 32.2. The van der Waals surface area contributed by atoms with Gasteiger partial charge in [-0.1, -0.05) is 13.0 Å². The molecular formula is C12H16OS. The zero-order valence-corrected chi connectivity index (χ0v) is 9.73. The van der Waals surface area contributed by atoms with E-state index in [0.717, 1.165) is 6.29 Å². The van der Waals surface area contributed by atoms with E-state index in [2.05, 4.69) is 38.3 Å². The third-order valence-corrected chi connectivity index (χ3v) is 3.19. The summed E-state index contributed by atoms with van der Waals surface area (Å²) in [6.45, 7) is 4.20. The molecule has 0 fully saturated rings. The first kappa shape index (κ1) is 11.3. The molecule has 1 aromatic carbocycles. The standard InChI is InChI=1S/C12H16OS/c1-9-4-5-11(14-3)8-12(9)10(2)6-7-13/h4-5,7-8,10H,6H2,1-3H3. The Hall–Kier alpha value is -0.760. The normalized spacial score (nSPS) is 12.5. The van der Waals surface area contributed by atoms with Crippen molar-refractivity contribution in [2.24, 2.45) is 0 Å². The highest BCUT2D eigenvalue weighted by Crippen LogP contribution is 2.26. The number of carbonyl (C=O) groups excluding carboxylic acids is 1. The fourth-order valence-corrected chi connectivity index (χ4v) is 2.00. The monoisotopic (exact) mass is 208 g/mol. The molecule has 0 bridgehead atoms. The number of hydrogen-bond donors (Lipinski definition) is 0. The van der Waals surface area contributed by atoms with E-state index >= 15 is 0 Å². The number of rotatable bonds is 4. The summed E-state index contributed by atoms with van der Waals surface area (Å²) in [5.41, 5.74) is 2.57. The van der Waals surface area contributed by atoms with E-state index in [0.29, 0.717) is 12.3 Å². The van der Waals surface area contributed by atoms with Gasteiger partial charge in [0.1, 0.15) is 6.29 Å². The lowest BCUT2D eigenvalue weighted by molar-refractivity contribution is -0.108. The van der Waals surface area contributed by atoms with Crippen molar-refractivity contribution >= 4 is 18.0 Å². The van der Waals surface area contributed by atoms with Gasteiger partial charge >= 0.3 is 0 Å². The van der Waals surface area contributed by atoms with Crippen LogP contribution in [0.1, 0.15) is 30.4 Å². The predicted octanol–water partition coefficient (Wildman–Crippen LogP) is 3.41. The highest BCUT2D eigenvalue weighted by molar-refractivity contribution is 7.98. The molecule has 14 heavy (non-hydrogen) atoms. The summed E-state index contributed by atoms with van der Waals surface area (Å²) in [5, 5.41) is 0. The minimum absolute atomic E-state index is 0.333. The van der Waals surface area contributed by atoms with E-state index in [-0.39, 0.29) is 0 Å². The Bertz CT molecular complexity index is 320. The summed E-state index contributed by atoms with van der Waals surface area (Å²) in [4.78, 5) is 11.7. The molecule has 0 N–H and O–H groups in total. The molecule has 0 amide bonds. The van der Waals surface area contributed by atoms with Crippen molar-refractivity contribution < 1.29 is 4.79 Å². The molecule has 0 radical (unpaired) electrons. The number of aryl methyl sites for hydroxylation is 1. The number of aldehydes is 1. The largest absolute Gasteiger partial charge is 0.303 e. The lowest BCUT2D eigenvalue weighted by atomic mass is 9.94. The average molecular weight is 208 g/mol. The second-order valence-electron chi connectivity index (χ2n) is 3.53. The van der Waals surface area contributed by atoms with Gasteiger partial charge in [-0.3, -0.25) is 0 Å². The first-order valence-corrected chi connectivity index (χ1v) is 5.99. The molecule has 76 valence electrons. The third kappa shape index (κ3) is 2.61. The molecule has 1 nitrogen and oxygen atoms in total. The molecular weight excluding hydrogens is 192 g/mol. The van der Waals surface area contributed by atoms with Gasteiger partial charge in [0, 0.05) is 11.3 Å². The maximum atomic E-state index is 10.4. The predicted molar refractivity (Wildman–Crippen MR) is 62.1 cm³/mol. The molecule has 0 aromatic heterocycles. The van der Waals surface area contributed by atoms with Crippen LogP contribution >= 0.6 is 11.8 Å². The van der Waals surface area contributed by atoms with E-state index in [4.69, 9.17) is 0 Å². The summed E-state index contributed by atoms with van der Waals surface area (Å²) in [6.07, 6.45) is 3.67. The summed E-state index contributed by atoms with van der Waals surface area (Å²) >= 11 is 1.74. The van der Waals surface area contributed by atoms with E-state index < -0.39 is 0 Å². The Morgan fingerprint density at radius 2 is 2.21 bits per heavy atom. The van der Waals surface area contributed by atoms with Crippen molar-refractivity contribution in [3.8, 4) is 0 Å². The van der Waals surface area contributed by atoms with Gasteiger partial charge in [0.05, 0.1) is 0 Å². The molecule has 1 unspecified atom stereocenters. The fourth-order valence-electron chi connectivity index (χ4n) is 1.55. The van der Waals surface area contributed by atoms with Crippen molar-refractivity contribution in [1.82, 2.24) is 0 Å². The first-order chi connectivity index (χ1) is 6.69. The summed E-state index contributed by atoms with van der Waals surface area (Å²) in [5.74, 6) is 0.333. The van der Waals surface area contributed by atoms with Crippen LogP contribution in [0.4, 0.5) is 0 Å². The van der Waals surface area contributed by atoms with Crippen LogP contribution < -0.4 is 0 Å². The molecule has 0 saturated heterocycles. The van der Waals surface area contributed by atoms with Gasteiger partial charge in [-0.15, -0.1) is 11.8 Å². The molecule has 2 heteroatoms. The second kappa shape index (κ2) is 5.20. The number of hydrogen-bond acceptors (Lipinski definition) is 2. The molecule has 1 atom stereocenters. The van der Waals surface area contributed by atoms with E-state index in [1.54, 1.807) is 11.8 Å². The van der Waals surface area contributed by atoms with Crippen molar-refractivity contribution in [2.75, 3.05) is 6.26 Å². The second-order valence-corrected chi connectivity index (χ2v) is 4.41. The van der Waals surface area contributed by atoms with E-state index in [1.807, 2.05) is 0 Å². The number of benzene rings is 1. The van der Waals surface area contributed by atoms with Crippen LogP contribution in [-0.4, -0.2) is 12.5 Å². The van der Waals surface area contributed by atoms with Gasteiger partial charge in [0.25, 0.3) is 0 Å². The van der Waals surface area contributed by atoms with Crippen LogP contribution in [0.5, 0.6) is 0 Å². The molecule has 0 aliphatic rings. The SMILES string of the molecule is CSc1ccc(C)c(C(C)CC=O)c1. The zero-order chi connectivity index (χ0) is 10.6. The summed E-state index contributed by atoms with van der Waals surface area (Å²) in [7, 11) is 0. The number of thioether (sulfide) groups is 1. The van der Waals surface area contributed by atoms with Gasteiger partial charge in [-0.2, -0.15) is 0 Å². The van der Waals surface area contributed by atoms with Gasteiger partial charge in [-0.25, -0.2) is 0 Å². The highest BCUT2D eigenvalue weighted by Gasteiger charge is 2.08. The van der Waals surface area contributed by atoms with Crippen LogP contribution in [0.25, 0.3) is 0 Å². The first-order valence-electron chi connectivity index (χ1n) is 4.77. The molecule has 1 rings (SSSR count). The molecule has 1 aromatic rings. The van der Waals surface area contributed by atoms with Crippen molar-refractivity contribution in [2.45, 2.75) is 31.1 Å². The van der Waals surface area contributed by atoms with Crippen molar-refractivity contribution in [3.05, 3.63) is 29.3 Å². The van der Waals surface area contributed by atoms with Crippen molar-refractivity contribution in [1.29, 1.82) is 0 Å². The quantitative estimate of drug-likeness (QED) is 0.557. The Balaban J connectivity index is 2.98. The lowest BCUT2D eigenvalue weighted by Crippen LogP contribution is -1.97. The van der Waals surface area contributed by atoms with Crippen LogP contribution in [0, 0.1) is 6.92 Å². The topological polar surface area (TPSA) is 17.1 Å². The minimum atomic E-state index is 0.333. The number of carbonyl (C=O) groups is 1. The van der Waals surface area contributed by atoms with E-state index in [9.17, 15) is 4.79 Å². The molecule has 0 aliphatic carbocycles. The van der Waals surface area contributed by atoms with Gasteiger partial charge in [0.2, 0.25) is 0 Å². The van der Waals surface area contributed by atoms with Crippen LogP contribution in [0.15, 0.2) is 23.1 Å². The average Bonchev–Trinajstić information content (AvgIpc) is 2.19. The lowest BCUT2D eigenvalue weighted by Gasteiger charge is -2.12. The Kier molecular flexibility index (Phi) is 4.21. The maximum absolute atomic E-state index is 10.4. The van der Waals surface area contributed by atoms with Gasteiger partial charge in [0.15, 0.2) is 0 Å². The van der Waals surface area contributed by atoms with Crippen LogP contribution in [0.2, 0.25) is 0 Å². The smallest absolute Gasteiger partial charge is 0.120 e. The molecule has 0 aliphatic heterocycles. The molecule has 0 heterocycles. The minimum Gasteiger partial charge on any atom is -0.303 e. The Morgan fingerprint density at radius 1 is 1.50 bits per heavy atom. The van der Waals surface area contributed by atoms with Gasteiger partial charge < -0.3 is 4.79 Å². The maximum Gasteiger partial charge on any atom is 0.120 e. The van der Waals surface area contributed by atoms with E-state index in [1.165, 1.54) is 16.0 Å². The summed E-state index contributed by atoms with van der Waals surface area (Å²) in [6, 6.07) is 6.44. The molecule has 0 saturated carbocycles. The zero-order valence-electron chi connectivity index (χ0n) is 8.91. The Labute approximate surface area is 89.9 Å². The third-order valence-electron chi connectivity index (χ3n) is 2.47. The van der Waals surface area contributed by atoms with Crippen LogP contribution in [0.3, 0.4) is 0 Å². The fraction of sp³-hybridized carbons (Fsp3) is 0.417. The Morgan fingerprint density at radius 3 is 2.79 bits per heavy atom. The van der Waals surface area contributed by atoms with Crippen molar-refractivity contribution in [3.63, 3.8) is 0 Å². The van der Waals surface area contributed by atoms with Gasteiger partial charge in [-0.05, 0) is 42.4 Å². The summed E-state index contributed by atoms with van der Waals surface area (Å²) < 4.78 is 0. The van der Waals surface area contributed by atoms with Crippen LogP contribution in [-0.2, 0) is 4.79 Å². The molecule has 0 spiro atoms.